The van der Waals surface area contributed by atoms with E-state index in [-0.39, 0.29) is 12.8 Å². The van der Waals surface area contributed by atoms with E-state index in [1.807, 2.05) is 25.1 Å². The monoisotopic (exact) mass is 321 g/mol. The van der Waals surface area contributed by atoms with Crippen LogP contribution < -0.4 is 0 Å². The van der Waals surface area contributed by atoms with Gasteiger partial charge in [0, 0.05) is 24.8 Å². The molecule has 0 aliphatic heterocycles. The van der Waals surface area contributed by atoms with Gasteiger partial charge in [-0.3, -0.25) is 0 Å². The minimum Gasteiger partial charge on any atom is -0.309 e. The smallest absolute Gasteiger partial charge is 0.249 e. The Balaban J connectivity index is 2.43. The molecule has 0 amide bonds. The van der Waals surface area contributed by atoms with Gasteiger partial charge >= 0.3 is 0 Å². The molecule has 5 heteroatoms. The third-order valence-corrected chi connectivity index (χ3v) is 4.68. The molecule has 1 aromatic carbocycles. The Kier molecular flexibility index (Phi) is 4.63. The minimum absolute atomic E-state index is 0.0243. The summed E-state index contributed by atoms with van der Waals surface area (Å²) in [6.45, 7) is 0.584. The van der Waals surface area contributed by atoms with Gasteiger partial charge in [-0.1, -0.05) is 29.3 Å². The van der Waals surface area contributed by atoms with Gasteiger partial charge in [-0.2, -0.15) is 0 Å². The Labute approximate surface area is 128 Å². The van der Waals surface area contributed by atoms with Gasteiger partial charge in [0.15, 0.2) is 0 Å². The maximum absolute atomic E-state index is 13.9. The molecule has 0 N–H and O–H groups in total. The van der Waals surface area contributed by atoms with Crippen LogP contribution >= 0.6 is 23.2 Å². The summed E-state index contributed by atoms with van der Waals surface area (Å²) in [4.78, 5) is 1.96. The van der Waals surface area contributed by atoms with E-state index >= 15 is 0 Å². The first-order valence-electron chi connectivity index (χ1n) is 6.72. The number of hydrogen-bond acceptors (Lipinski definition) is 1. The topological polar surface area (TPSA) is 3.24 Å². The van der Waals surface area contributed by atoms with Crippen LogP contribution in [0.25, 0.3) is 0 Å². The van der Waals surface area contributed by atoms with E-state index in [9.17, 15) is 8.78 Å². The molecule has 0 radical (unpaired) electrons. The SMILES string of the molecule is CN(C)CC1(c2ccc(Cl)c(Cl)c2)CCCC(F)(F)C1. The number of rotatable bonds is 3. The predicted octanol–water partition coefficient (Wildman–Crippen LogP) is 5.00. The van der Waals surface area contributed by atoms with E-state index in [4.69, 9.17) is 23.2 Å². The Morgan fingerprint density at radius 1 is 1.15 bits per heavy atom. The third-order valence-electron chi connectivity index (χ3n) is 3.95. The summed E-state index contributed by atoms with van der Waals surface area (Å²) in [6, 6.07) is 5.28. The molecular weight excluding hydrogens is 303 g/mol. The van der Waals surface area contributed by atoms with Crippen molar-refractivity contribution < 1.29 is 8.78 Å². The lowest BCUT2D eigenvalue weighted by Crippen LogP contribution is -2.45. The lowest BCUT2D eigenvalue weighted by Gasteiger charge is -2.43. The molecule has 0 bridgehead atoms. The molecule has 1 aromatic rings. The quantitative estimate of drug-likeness (QED) is 0.757. The summed E-state index contributed by atoms with van der Waals surface area (Å²) in [5.74, 6) is -2.61. The fourth-order valence-corrected chi connectivity index (χ4v) is 3.56. The first kappa shape index (κ1) is 16.0. The fourth-order valence-electron chi connectivity index (χ4n) is 3.26. The highest BCUT2D eigenvalue weighted by Crippen LogP contribution is 2.47. The van der Waals surface area contributed by atoms with E-state index in [2.05, 4.69) is 0 Å². The molecule has 112 valence electrons. The van der Waals surface area contributed by atoms with E-state index in [0.29, 0.717) is 23.0 Å². The van der Waals surface area contributed by atoms with Crippen molar-refractivity contribution in [1.29, 1.82) is 0 Å². The number of halogens is 4. The summed E-state index contributed by atoms with van der Waals surface area (Å²) < 4.78 is 27.9. The summed E-state index contributed by atoms with van der Waals surface area (Å²) >= 11 is 12.0. The number of hydrogen-bond donors (Lipinski definition) is 0. The van der Waals surface area contributed by atoms with Crippen molar-refractivity contribution in [3.8, 4) is 0 Å². The van der Waals surface area contributed by atoms with Crippen LogP contribution in [-0.2, 0) is 5.41 Å². The van der Waals surface area contributed by atoms with Gasteiger partial charge in [-0.05, 0) is 44.6 Å². The molecule has 1 unspecified atom stereocenters. The maximum Gasteiger partial charge on any atom is 0.249 e. The second-order valence-electron chi connectivity index (χ2n) is 6.03. The van der Waals surface area contributed by atoms with Gasteiger partial charge in [-0.15, -0.1) is 0 Å². The third kappa shape index (κ3) is 3.44. The molecule has 0 saturated heterocycles. The van der Waals surface area contributed by atoms with E-state index < -0.39 is 11.3 Å². The Morgan fingerprint density at radius 2 is 1.85 bits per heavy atom. The van der Waals surface area contributed by atoms with Gasteiger partial charge < -0.3 is 4.90 Å². The first-order chi connectivity index (χ1) is 9.24. The van der Waals surface area contributed by atoms with Gasteiger partial charge in [0.05, 0.1) is 10.0 Å². The molecule has 1 fully saturated rings. The van der Waals surface area contributed by atoms with Crippen molar-refractivity contribution in [1.82, 2.24) is 4.90 Å². The van der Waals surface area contributed by atoms with E-state index in [0.717, 1.165) is 12.0 Å². The van der Waals surface area contributed by atoms with Gasteiger partial charge in [0.25, 0.3) is 0 Å². The zero-order chi connectivity index (χ0) is 15.0. The molecule has 0 spiro atoms. The summed E-state index contributed by atoms with van der Waals surface area (Å²) in [5, 5.41) is 0.883. The molecule has 1 nitrogen and oxygen atoms in total. The van der Waals surface area contributed by atoms with Gasteiger partial charge in [0.1, 0.15) is 0 Å². The summed E-state index contributed by atoms with van der Waals surface area (Å²) in [5.41, 5.74) is 0.305. The van der Waals surface area contributed by atoms with Gasteiger partial charge in [0.2, 0.25) is 5.92 Å². The van der Waals surface area contributed by atoms with Crippen LogP contribution in [0.5, 0.6) is 0 Å². The lowest BCUT2D eigenvalue weighted by atomic mass is 9.68. The van der Waals surface area contributed by atoms with Gasteiger partial charge in [-0.25, -0.2) is 8.78 Å². The van der Waals surface area contributed by atoms with E-state index in [1.54, 1.807) is 12.1 Å². The number of benzene rings is 1. The highest BCUT2D eigenvalue weighted by Gasteiger charge is 2.46. The van der Waals surface area contributed by atoms with Crippen LogP contribution in [0.4, 0.5) is 8.78 Å². The Morgan fingerprint density at radius 3 is 2.40 bits per heavy atom. The molecule has 1 saturated carbocycles. The molecule has 1 aliphatic rings. The van der Waals surface area contributed by atoms with Crippen molar-refractivity contribution >= 4 is 23.2 Å². The number of alkyl halides is 2. The normalized spacial score (nSPS) is 25.9. The van der Waals surface area contributed by atoms with Crippen molar-refractivity contribution in [2.24, 2.45) is 0 Å². The standard InChI is InChI=1S/C15H19Cl2F2N/c1-20(2)10-14(6-3-7-15(18,19)9-14)11-4-5-12(16)13(17)8-11/h4-5,8H,3,6-7,9-10H2,1-2H3. The van der Waals surface area contributed by atoms with E-state index in [1.165, 1.54) is 0 Å². The zero-order valence-corrected chi connectivity index (χ0v) is 13.2. The van der Waals surface area contributed by atoms with Crippen LogP contribution in [0.1, 0.15) is 31.2 Å². The zero-order valence-electron chi connectivity index (χ0n) is 11.7. The van der Waals surface area contributed by atoms with Crippen LogP contribution in [0, 0.1) is 0 Å². The average Bonchev–Trinajstić information content (AvgIpc) is 2.30. The lowest BCUT2D eigenvalue weighted by molar-refractivity contribution is -0.0654. The predicted molar refractivity (Wildman–Crippen MR) is 80.1 cm³/mol. The van der Waals surface area contributed by atoms with Crippen LogP contribution in [0.15, 0.2) is 18.2 Å². The largest absolute Gasteiger partial charge is 0.309 e. The van der Waals surface area contributed by atoms with Crippen molar-refractivity contribution in [2.75, 3.05) is 20.6 Å². The molecule has 0 aromatic heterocycles. The minimum atomic E-state index is -2.61. The summed E-state index contributed by atoms with van der Waals surface area (Å²) in [7, 11) is 3.82. The first-order valence-corrected chi connectivity index (χ1v) is 7.48. The van der Waals surface area contributed by atoms with Crippen LogP contribution in [0.2, 0.25) is 10.0 Å². The highest BCUT2D eigenvalue weighted by atomic mass is 35.5. The second kappa shape index (κ2) is 5.78. The molecule has 2 rings (SSSR count). The fraction of sp³-hybridized carbons (Fsp3) is 0.600. The molecule has 0 heterocycles. The number of nitrogens with zero attached hydrogens (tertiary/aromatic N) is 1. The van der Waals surface area contributed by atoms with Crippen molar-refractivity contribution in [3.63, 3.8) is 0 Å². The summed E-state index contributed by atoms with van der Waals surface area (Å²) in [6.07, 6.45) is 1.12. The van der Waals surface area contributed by atoms with Crippen molar-refractivity contribution in [2.45, 2.75) is 37.0 Å². The molecular formula is C15H19Cl2F2N. The van der Waals surface area contributed by atoms with Crippen LogP contribution in [-0.4, -0.2) is 31.5 Å². The van der Waals surface area contributed by atoms with Crippen molar-refractivity contribution in [3.05, 3.63) is 33.8 Å². The Hall–Kier alpha value is -0.380. The molecule has 20 heavy (non-hydrogen) atoms. The molecule has 1 aliphatic carbocycles. The number of likely N-dealkylation sites (N-methyl/N-ethyl adjacent to an activating group) is 1. The maximum atomic E-state index is 13.9. The molecule has 1 atom stereocenters. The Bertz CT molecular complexity index is 491. The highest BCUT2D eigenvalue weighted by molar-refractivity contribution is 6.42. The van der Waals surface area contributed by atoms with Crippen LogP contribution in [0.3, 0.4) is 0 Å². The second-order valence-corrected chi connectivity index (χ2v) is 6.85. The average molecular weight is 322 g/mol.